The van der Waals surface area contributed by atoms with Crippen LogP contribution < -0.4 is 10.1 Å². The van der Waals surface area contributed by atoms with E-state index in [1.54, 1.807) is 0 Å². The molecule has 0 aliphatic rings. The highest BCUT2D eigenvalue weighted by atomic mass is 19.4. The zero-order chi connectivity index (χ0) is 24.6. The van der Waals surface area contributed by atoms with E-state index in [4.69, 9.17) is 14.2 Å². The quantitative estimate of drug-likeness (QED) is 0.353. The summed E-state index contributed by atoms with van der Waals surface area (Å²) in [5.41, 5.74) is -0.377. The van der Waals surface area contributed by atoms with Crippen LogP contribution in [0.4, 0.5) is 18.9 Å². The molecular weight excluding hydrogens is 457 g/mol. The van der Waals surface area contributed by atoms with E-state index in [9.17, 15) is 22.8 Å². The average Bonchev–Trinajstić information content (AvgIpc) is 3.27. The van der Waals surface area contributed by atoms with Crippen molar-refractivity contribution in [3.05, 3.63) is 71.5 Å². The van der Waals surface area contributed by atoms with Crippen LogP contribution in [0.25, 0.3) is 0 Å². The van der Waals surface area contributed by atoms with Gasteiger partial charge >= 0.3 is 12.1 Å². The van der Waals surface area contributed by atoms with Crippen LogP contribution in [0.3, 0.4) is 0 Å². The summed E-state index contributed by atoms with van der Waals surface area (Å²) in [5.74, 6) is -1.76. The molecule has 1 heterocycles. The average molecular weight is 478 g/mol. The van der Waals surface area contributed by atoms with E-state index in [-0.39, 0.29) is 30.3 Å². The minimum atomic E-state index is -4.62. The van der Waals surface area contributed by atoms with Crippen LogP contribution in [0.1, 0.15) is 21.6 Å². The van der Waals surface area contributed by atoms with Gasteiger partial charge in [-0.25, -0.2) is 9.48 Å². The van der Waals surface area contributed by atoms with Gasteiger partial charge in [-0.3, -0.25) is 4.79 Å². The van der Waals surface area contributed by atoms with Crippen molar-refractivity contribution in [1.29, 1.82) is 0 Å². The maximum atomic E-state index is 13.1. The highest BCUT2D eigenvalue weighted by Gasteiger charge is 2.31. The van der Waals surface area contributed by atoms with Crippen molar-refractivity contribution in [3.8, 4) is 5.75 Å². The Morgan fingerprint density at radius 1 is 1.09 bits per heavy atom. The van der Waals surface area contributed by atoms with Gasteiger partial charge < -0.3 is 19.5 Å². The van der Waals surface area contributed by atoms with Gasteiger partial charge in [0.2, 0.25) is 0 Å². The standard InChI is InChI=1S/C22H21F3N4O5/c1-32-9-10-33-19-8-7-16(22(23,24)25)11-17(19)26-20(30)14-34-21(31)18-13-29(28-27-18)12-15-5-3-2-4-6-15/h2-8,11,13H,9-10,12,14H2,1H3,(H,26,30). The fourth-order valence-corrected chi connectivity index (χ4v) is 2.80. The molecule has 0 saturated heterocycles. The maximum absolute atomic E-state index is 13.1. The number of carbonyl (C=O) groups excluding carboxylic acids is 2. The molecule has 34 heavy (non-hydrogen) atoms. The van der Waals surface area contributed by atoms with E-state index >= 15 is 0 Å². The van der Waals surface area contributed by atoms with Gasteiger partial charge in [0.05, 0.1) is 30.6 Å². The molecule has 1 aromatic heterocycles. The van der Waals surface area contributed by atoms with E-state index < -0.39 is 30.2 Å². The van der Waals surface area contributed by atoms with E-state index in [0.717, 1.165) is 23.8 Å². The first-order chi connectivity index (χ1) is 16.3. The predicted molar refractivity (Wildman–Crippen MR) is 113 cm³/mol. The number of esters is 1. The summed E-state index contributed by atoms with van der Waals surface area (Å²) < 4.78 is 55.7. The molecule has 9 nitrogen and oxygen atoms in total. The second-order valence-corrected chi connectivity index (χ2v) is 6.96. The monoisotopic (exact) mass is 478 g/mol. The number of aromatic nitrogens is 3. The number of amides is 1. The summed E-state index contributed by atoms with van der Waals surface area (Å²) in [5, 5.41) is 9.83. The van der Waals surface area contributed by atoms with Crippen LogP contribution in [0.15, 0.2) is 54.7 Å². The third-order valence-corrected chi connectivity index (χ3v) is 4.40. The normalized spacial score (nSPS) is 11.2. The molecular formula is C22H21F3N4O5. The van der Waals surface area contributed by atoms with Gasteiger partial charge in [0.25, 0.3) is 5.91 Å². The number of alkyl halides is 3. The largest absolute Gasteiger partial charge is 0.489 e. The number of halogens is 3. The van der Waals surface area contributed by atoms with Crippen molar-refractivity contribution in [2.45, 2.75) is 12.7 Å². The van der Waals surface area contributed by atoms with E-state index in [1.807, 2.05) is 30.3 Å². The Bertz CT molecular complexity index is 1120. The summed E-state index contributed by atoms with van der Waals surface area (Å²) in [6.45, 7) is -0.128. The lowest BCUT2D eigenvalue weighted by atomic mass is 10.1. The SMILES string of the molecule is COCCOc1ccc(C(F)(F)F)cc1NC(=O)COC(=O)c1cn(Cc2ccccc2)nn1. The highest BCUT2D eigenvalue weighted by molar-refractivity contribution is 5.95. The minimum Gasteiger partial charge on any atom is -0.489 e. The number of anilines is 1. The van der Waals surface area contributed by atoms with Crippen molar-refractivity contribution >= 4 is 17.6 Å². The molecule has 0 fully saturated rings. The van der Waals surface area contributed by atoms with Crippen molar-refractivity contribution in [2.24, 2.45) is 0 Å². The Balaban J connectivity index is 1.60. The van der Waals surface area contributed by atoms with Gasteiger partial charge in [-0.15, -0.1) is 5.10 Å². The zero-order valence-corrected chi connectivity index (χ0v) is 18.0. The summed E-state index contributed by atoms with van der Waals surface area (Å²) in [7, 11) is 1.44. The number of carbonyl (C=O) groups is 2. The Morgan fingerprint density at radius 3 is 2.56 bits per heavy atom. The second-order valence-electron chi connectivity index (χ2n) is 6.96. The lowest BCUT2D eigenvalue weighted by Gasteiger charge is -2.15. The van der Waals surface area contributed by atoms with Crippen LogP contribution in [0.5, 0.6) is 5.75 Å². The Kier molecular flexibility index (Phi) is 8.19. The first-order valence-corrected chi connectivity index (χ1v) is 10.0. The summed E-state index contributed by atoms with van der Waals surface area (Å²) >= 11 is 0. The smallest absolute Gasteiger partial charge is 0.416 e. The van der Waals surface area contributed by atoms with Crippen molar-refractivity contribution < 1.29 is 37.0 Å². The second kappa shape index (κ2) is 11.3. The van der Waals surface area contributed by atoms with E-state index in [2.05, 4.69) is 15.6 Å². The molecule has 0 aliphatic carbocycles. The Labute approximate surface area is 192 Å². The fraction of sp³-hybridized carbons (Fsp3) is 0.273. The molecule has 0 atom stereocenters. The summed E-state index contributed by atoms with van der Waals surface area (Å²) in [6.07, 6.45) is -3.26. The van der Waals surface area contributed by atoms with E-state index in [0.29, 0.717) is 6.54 Å². The molecule has 2 aromatic carbocycles. The van der Waals surface area contributed by atoms with E-state index in [1.165, 1.54) is 18.0 Å². The van der Waals surface area contributed by atoms with Crippen molar-refractivity contribution in [1.82, 2.24) is 15.0 Å². The maximum Gasteiger partial charge on any atom is 0.416 e. The number of benzene rings is 2. The number of nitrogens with one attached hydrogen (secondary N) is 1. The molecule has 3 aromatic rings. The Morgan fingerprint density at radius 2 is 1.85 bits per heavy atom. The van der Waals surface area contributed by atoms with Gasteiger partial charge in [0.15, 0.2) is 12.3 Å². The van der Waals surface area contributed by atoms with Crippen LogP contribution >= 0.6 is 0 Å². The number of nitrogens with zero attached hydrogens (tertiary/aromatic N) is 3. The fourth-order valence-electron chi connectivity index (χ4n) is 2.80. The first-order valence-electron chi connectivity index (χ1n) is 10.0. The molecule has 0 aliphatic heterocycles. The number of hydrogen-bond donors (Lipinski definition) is 1. The lowest BCUT2D eigenvalue weighted by molar-refractivity contribution is -0.137. The molecule has 3 rings (SSSR count). The molecule has 180 valence electrons. The van der Waals surface area contributed by atoms with Crippen LogP contribution in [-0.2, 0) is 27.0 Å². The zero-order valence-electron chi connectivity index (χ0n) is 18.0. The Hall–Kier alpha value is -3.93. The number of hydrogen-bond acceptors (Lipinski definition) is 7. The first kappa shape index (κ1) is 24.7. The predicted octanol–water partition coefficient (Wildman–Crippen LogP) is 3.17. The molecule has 0 bridgehead atoms. The highest BCUT2D eigenvalue weighted by Crippen LogP contribution is 2.35. The third kappa shape index (κ3) is 7.04. The lowest BCUT2D eigenvalue weighted by Crippen LogP contribution is -2.22. The summed E-state index contributed by atoms with van der Waals surface area (Å²) in [4.78, 5) is 24.4. The molecule has 1 N–H and O–H groups in total. The molecule has 0 unspecified atom stereocenters. The summed E-state index contributed by atoms with van der Waals surface area (Å²) in [6, 6.07) is 12.0. The van der Waals surface area contributed by atoms with Gasteiger partial charge in [0, 0.05) is 7.11 Å². The molecule has 0 spiro atoms. The number of ether oxygens (including phenoxy) is 3. The van der Waals surface area contributed by atoms with Crippen LogP contribution in [-0.4, -0.2) is 53.8 Å². The molecule has 0 radical (unpaired) electrons. The molecule has 1 amide bonds. The van der Waals surface area contributed by atoms with Gasteiger partial charge in [-0.05, 0) is 23.8 Å². The van der Waals surface area contributed by atoms with Crippen molar-refractivity contribution in [2.75, 3.05) is 32.2 Å². The topological polar surface area (TPSA) is 105 Å². The van der Waals surface area contributed by atoms with Crippen molar-refractivity contribution in [3.63, 3.8) is 0 Å². The van der Waals surface area contributed by atoms with Gasteiger partial charge in [-0.2, -0.15) is 13.2 Å². The minimum absolute atomic E-state index is 0.00795. The van der Waals surface area contributed by atoms with Gasteiger partial charge in [0.1, 0.15) is 12.4 Å². The number of methoxy groups -OCH3 is 1. The third-order valence-electron chi connectivity index (χ3n) is 4.40. The number of rotatable bonds is 10. The van der Waals surface area contributed by atoms with Gasteiger partial charge in [-0.1, -0.05) is 35.5 Å². The molecule has 12 heteroatoms. The van der Waals surface area contributed by atoms with Crippen LogP contribution in [0.2, 0.25) is 0 Å². The van der Waals surface area contributed by atoms with Crippen LogP contribution in [0, 0.1) is 0 Å². The molecule has 0 saturated carbocycles.